The van der Waals surface area contributed by atoms with Gasteiger partial charge in [0.05, 0.1) is 13.0 Å². The third-order valence-electron chi connectivity index (χ3n) is 1.87. The quantitative estimate of drug-likeness (QED) is 0.802. The van der Waals surface area contributed by atoms with Crippen LogP contribution in [0.3, 0.4) is 0 Å². The lowest BCUT2D eigenvalue weighted by Gasteiger charge is -2.09. The molecule has 88 valence electrons. The van der Waals surface area contributed by atoms with Crippen molar-refractivity contribution in [1.82, 2.24) is 4.98 Å². The first-order valence-electron chi connectivity index (χ1n) is 4.63. The van der Waals surface area contributed by atoms with Crippen molar-refractivity contribution in [2.45, 2.75) is 19.8 Å². The normalized spacial score (nSPS) is 10.6. The Balaban J connectivity index is 2.97. The van der Waals surface area contributed by atoms with Gasteiger partial charge >= 0.3 is 5.97 Å². The average molecular weight is 294 g/mol. The molecule has 0 aliphatic rings. The molecule has 0 aromatic carbocycles. The average Bonchev–Trinajstić information content (AvgIpc) is 2.21. The van der Waals surface area contributed by atoms with Crippen molar-refractivity contribution in [3.05, 3.63) is 28.0 Å². The molecule has 1 aromatic heterocycles. The van der Waals surface area contributed by atoms with Gasteiger partial charge in [0.2, 0.25) is 0 Å². The minimum absolute atomic E-state index is 0.177. The van der Waals surface area contributed by atoms with Gasteiger partial charge in [-0.25, -0.2) is 8.78 Å². The van der Waals surface area contributed by atoms with Crippen LogP contribution in [0.15, 0.2) is 16.7 Å². The second-order valence-corrected chi connectivity index (χ2v) is 3.79. The predicted molar refractivity (Wildman–Crippen MR) is 57.2 cm³/mol. The van der Waals surface area contributed by atoms with Gasteiger partial charge in [0.1, 0.15) is 5.69 Å². The maximum atomic E-state index is 12.6. The molecule has 0 bridgehead atoms. The molecule has 0 amide bonds. The lowest BCUT2D eigenvalue weighted by molar-refractivity contribution is -0.142. The number of nitrogens with zero attached hydrogens (tertiary/aromatic N) is 1. The molecule has 1 heterocycles. The summed E-state index contributed by atoms with van der Waals surface area (Å²) >= 11 is 3.11. The zero-order chi connectivity index (χ0) is 12.1. The zero-order valence-corrected chi connectivity index (χ0v) is 10.1. The molecule has 6 heteroatoms. The Hall–Kier alpha value is -1.04. The Bertz CT molecular complexity index is 385. The standard InChI is InChI=1S/C10H10BrF2NO2/c1-2-16-8(15)5-6-7(11)3-4-14-9(6)10(12)13/h3-4,10H,2,5H2,1H3. The third kappa shape index (κ3) is 3.23. The minimum Gasteiger partial charge on any atom is -0.466 e. The highest BCUT2D eigenvalue weighted by Gasteiger charge is 2.19. The van der Waals surface area contributed by atoms with Crippen molar-refractivity contribution < 1.29 is 18.3 Å². The van der Waals surface area contributed by atoms with Crippen LogP contribution in [0, 0.1) is 0 Å². The summed E-state index contributed by atoms with van der Waals surface area (Å²) in [5.41, 5.74) is -0.210. The summed E-state index contributed by atoms with van der Waals surface area (Å²) in [5, 5.41) is 0. The van der Waals surface area contributed by atoms with E-state index < -0.39 is 12.4 Å². The van der Waals surface area contributed by atoms with Crippen LogP contribution >= 0.6 is 15.9 Å². The lowest BCUT2D eigenvalue weighted by Crippen LogP contribution is -2.11. The van der Waals surface area contributed by atoms with Crippen LogP contribution in [0.1, 0.15) is 24.6 Å². The molecular weight excluding hydrogens is 284 g/mol. The van der Waals surface area contributed by atoms with Gasteiger partial charge in [-0.15, -0.1) is 0 Å². The minimum atomic E-state index is -2.71. The van der Waals surface area contributed by atoms with Gasteiger partial charge in [-0.2, -0.15) is 0 Å². The monoisotopic (exact) mass is 293 g/mol. The number of hydrogen-bond donors (Lipinski definition) is 0. The molecule has 0 radical (unpaired) electrons. The number of alkyl halides is 2. The molecule has 1 aromatic rings. The Labute approximate surface area is 99.9 Å². The summed E-state index contributed by atoms with van der Waals surface area (Å²) in [6.45, 7) is 1.88. The van der Waals surface area contributed by atoms with Gasteiger partial charge < -0.3 is 4.74 Å². The summed E-state index contributed by atoms with van der Waals surface area (Å²) in [4.78, 5) is 14.8. The van der Waals surface area contributed by atoms with Crippen molar-refractivity contribution in [2.24, 2.45) is 0 Å². The number of ether oxygens (including phenoxy) is 1. The largest absolute Gasteiger partial charge is 0.466 e. The molecule has 0 aliphatic carbocycles. The first-order valence-corrected chi connectivity index (χ1v) is 5.42. The van der Waals surface area contributed by atoms with Crippen molar-refractivity contribution in [3.63, 3.8) is 0 Å². The van der Waals surface area contributed by atoms with Gasteiger partial charge in [-0.3, -0.25) is 9.78 Å². The molecule has 1 rings (SSSR count). The number of rotatable bonds is 4. The Morgan fingerprint density at radius 3 is 2.88 bits per heavy atom. The number of aromatic nitrogens is 1. The van der Waals surface area contributed by atoms with Gasteiger partial charge in [0.15, 0.2) is 0 Å². The second kappa shape index (κ2) is 5.89. The van der Waals surface area contributed by atoms with Crippen LogP contribution in [0.4, 0.5) is 8.78 Å². The van der Waals surface area contributed by atoms with Crippen molar-refractivity contribution in [2.75, 3.05) is 6.61 Å². The number of pyridine rings is 1. The summed E-state index contributed by atoms with van der Waals surface area (Å²) in [6.07, 6.45) is -1.65. The van der Waals surface area contributed by atoms with Crippen molar-refractivity contribution >= 4 is 21.9 Å². The summed E-state index contributed by atoms with van der Waals surface area (Å²) in [7, 11) is 0. The van der Waals surface area contributed by atoms with E-state index >= 15 is 0 Å². The molecule has 0 aliphatic heterocycles. The second-order valence-electron chi connectivity index (χ2n) is 2.94. The molecule has 0 unspecified atom stereocenters. The molecule has 0 spiro atoms. The molecule has 0 N–H and O–H groups in total. The number of halogens is 3. The van der Waals surface area contributed by atoms with Gasteiger partial charge in [-0.1, -0.05) is 15.9 Å². The van der Waals surface area contributed by atoms with Crippen molar-refractivity contribution in [1.29, 1.82) is 0 Å². The number of hydrogen-bond acceptors (Lipinski definition) is 3. The molecule has 3 nitrogen and oxygen atoms in total. The lowest BCUT2D eigenvalue weighted by atomic mass is 10.1. The number of carbonyl (C=O) groups is 1. The first kappa shape index (κ1) is 13.0. The van der Waals surface area contributed by atoms with Crippen LogP contribution in [0.25, 0.3) is 0 Å². The van der Waals surface area contributed by atoms with E-state index in [-0.39, 0.29) is 24.3 Å². The molecular formula is C10H10BrF2NO2. The Morgan fingerprint density at radius 2 is 2.31 bits per heavy atom. The summed E-state index contributed by atoms with van der Waals surface area (Å²) in [6, 6.07) is 1.51. The Morgan fingerprint density at radius 1 is 1.62 bits per heavy atom. The van der Waals surface area contributed by atoms with Gasteiger partial charge in [0.25, 0.3) is 6.43 Å². The SMILES string of the molecule is CCOC(=O)Cc1c(Br)ccnc1C(F)F. The number of carbonyl (C=O) groups excluding carboxylic acids is 1. The third-order valence-corrected chi connectivity index (χ3v) is 2.61. The van der Waals surface area contributed by atoms with E-state index in [1.807, 2.05) is 0 Å². The van der Waals surface area contributed by atoms with E-state index in [1.54, 1.807) is 6.92 Å². The van der Waals surface area contributed by atoms with Gasteiger partial charge in [-0.05, 0) is 13.0 Å². The van der Waals surface area contributed by atoms with E-state index in [2.05, 4.69) is 20.9 Å². The smallest absolute Gasteiger partial charge is 0.310 e. The highest BCUT2D eigenvalue weighted by Crippen LogP contribution is 2.27. The van der Waals surface area contributed by atoms with Crippen LogP contribution in [-0.2, 0) is 16.0 Å². The van der Waals surface area contributed by atoms with Crippen LogP contribution in [0.5, 0.6) is 0 Å². The molecule has 0 atom stereocenters. The highest BCUT2D eigenvalue weighted by atomic mass is 79.9. The fourth-order valence-corrected chi connectivity index (χ4v) is 1.66. The molecule has 0 fully saturated rings. The molecule has 0 saturated carbocycles. The van der Waals surface area contributed by atoms with Crippen molar-refractivity contribution in [3.8, 4) is 0 Å². The van der Waals surface area contributed by atoms with Crippen LogP contribution < -0.4 is 0 Å². The molecule has 0 saturated heterocycles. The van der Waals surface area contributed by atoms with Crippen LogP contribution in [-0.4, -0.2) is 17.6 Å². The fourth-order valence-electron chi connectivity index (χ4n) is 1.20. The first-order chi connectivity index (χ1) is 7.56. The number of esters is 1. The zero-order valence-electron chi connectivity index (χ0n) is 8.54. The molecule has 16 heavy (non-hydrogen) atoms. The van der Waals surface area contributed by atoms with E-state index in [9.17, 15) is 13.6 Å². The topological polar surface area (TPSA) is 39.2 Å². The van der Waals surface area contributed by atoms with E-state index in [1.165, 1.54) is 12.3 Å². The fraction of sp³-hybridized carbons (Fsp3) is 0.400. The van der Waals surface area contributed by atoms with E-state index in [4.69, 9.17) is 4.74 Å². The summed E-state index contributed by atoms with van der Waals surface area (Å²) < 4.78 is 30.4. The van der Waals surface area contributed by atoms with E-state index in [0.29, 0.717) is 4.47 Å². The predicted octanol–water partition coefficient (Wildman–Crippen LogP) is 2.89. The van der Waals surface area contributed by atoms with E-state index in [0.717, 1.165) is 0 Å². The highest BCUT2D eigenvalue weighted by molar-refractivity contribution is 9.10. The van der Waals surface area contributed by atoms with Crippen LogP contribution in [0.2, 0.25) is 0 Å². The van der Waals surface area contributed by atoms with Gasteiger partial charge in [0, 0.05) is 16.2 Å². The Kier molecular flexibility index (Phi) is 4.79. The maximum Gasteiger partial charge on any atom is 0.310 e. The maximum absolute atomic E-state index is 12.6. The summed E-state index contributed by atoms with van der Waals surface area (Å²) in [5.74, 6) is -0.543.